The van der Waals surface area contributed by atoms with E-state index in [0.29, 0.717) is 40.8 Å². The molecule has 0 spiro atoms. The second-order valence-corrected chi connectivity index (χ2v) is 8.93. The maximum absolute atomic E-state index is 13.1. The Labute approximate surface area is 184 Å². The minimum Gasteiger partial charge on any atom is -0.396 e. The SMILES string of the molecule is CC(C)n1c(CCO)nc2sc(N3CCC[C@@H]3C(=O)NCc3ccccc3)nc2c1=O. The molecule has 0 bridgehead atoms. The van der Waals surface area contributed by atoms with Crippen molar-refractivity contribution < 1.29 is 9.90 Å². The zero-order chi connectivity index (χ0) is 22.0. The third-order valence-electron chi connectivity index (χ3n) is 5.49. The summed E-state index contributed by atoms with van der Waals surface area (Å²) in [6, 6.07) is 9.42. The van der Waals surface area contributed by atoms with Crippen LogP contribution in [0.15, 0.2) is 35.1 Å². The summed E-state index contributed by atoms with van der Waals surface area (Å²) in [5.74, 6) is 0.526. The van der Waals surface area contributed by atoms with Crippen molar-refractivity contribution in [1.29, 1.82) is 0 Å². The first kappa shape index (κ1) is 21.5. The van der Waals surface area contributed by atoms with Crippen molar-refractivity contribution in [2.24, 2.45) is 0 Å². The summed E-state index contributed by atoms with van der Waals surface area (Å²) in [5, 5.41) is 13.0. The van der Waals surface area contributed by atoms with Crippen LogP contribution >= 0.6 is 11.3 Å². The molecule has 1 amide bonds. The van der Waals surface area contributed by atoms with Crippen molar-refractivity contribution in [3.63, 3.8) is 0 Å². The largest absolute Gasteiger partial charge is 0.396 e. The van der Waals surface area contributed by atoms with Crippen LogP contribution in [0.1, 0.15) is 44.1 Å². The number of carbonyl (C=O) groups excluding carboxylic acids is 1. The van der Waals surface area contributed by atoms with Crippen LogP contribution in [-0.4, -0.2) is 44.7 Å². The average Bonchev–Trinajstić information content (AvgIpc) is 3.40. The molecule has 0 unspecified atom stereocenters. The molecular formula is C22H27N5O3S. The standard InChI is InChI=1S/C22H27N5O3S/c1-14(2)27-17(10-12-28)24-20-18(21(27)30)25-22(31-20)26-11-6-9-16(26)19(29)23-13-15-7-4-3-5-8-15/h3-5,7-8,14,16,28H,6,9-13H2,1-2H3,(H,23,29)/t16-/m1/s1. The maximum Gasteiger partial charge on any atom is 0.281 e. The molecule has 0 radical (unpaired) electrons. The van der Waals surface area contributed by atoms with Crippen LogP contribution in [-0.2, 0) is 17.8 Å². The van der Waals surface area contributed by atoms with Crippen molar-refractivity contribution in [3.8, 4) is 0 Å². The van der Waals surface area contributed by atoms with Gasteiger partial charge in [0.2, 0.25) is 5.91 Å². The first-order chi connectivity index (χ1) is 15.0. The fraction of sp³-hybridized carbons (Fsp3) is 0.455. The Balaban J connectivity index is 1.60. The zero-order valence-corrected chi connectivity index (χ0v) is 18.6. The van der Waals surface area contributed by atoms with E-state index >= 15 is 0 Å². The summed E-state index contributed by atoms with van der Waals surface area (Å²) in [4.78, 5) is 37.7. The molecule has 9 heteroatoms. The molecule has 164 valence electrons. The number of benzene rings is 1. The van der Waals surface area contributed by atoms with Crippen LogP contribution < -0.4 is 15.8 Å². The molecule has 1 atom stereocenters. The number of nitrogens with zero attached hydrogens (tertiary/aromatic N) is 4. The minimum absolute atomic E-state index is 0.0332. The lowest BCUT2D eigenvalue weighted by Gasteiger charge is -2.23. The minimum atomic E-state index is -0.312. The lowest BCUT2D eigenvalue weighted by Crippen LogP contribution is -2.43. The lowest BCUT2D eigenvalue weighted by molar-refractivity contribution is -0.122. The summed E-state index contributed by atoms with van der Waals surface area (Å²) in [7, 11) is 0. The van der Waals surface area contributed by atoms with Crippen LogP contribution in [0.4, 0.5) is 5.13 Å². The molecule has 3 heterocycles. The zero-order valence-electron chi connectivity index (χ0n) is 17.7. The predicted octanol–water partition coefficient (Wildman–Crippen LogP) is 2.25. The van der Waals surface area contributed by atoms with Gasteiger partial charge in [0, 0.05) is 25.6 Å². The predicted molar refractivity (Wildman–Crippen MR) is 122 cm³/mol. The average molecular weight is 442 g/mol. The monoisotopic (exact) mass is 441 g/mol. The second kappa shape index (κ2) is 9.15. The van der Waals surface area contributed by atoms with Gasteiger partial charge in [-0.3, -0.25) is 14.2 Å². The molecule has 1 fully saturated rings. The normalized spacial score (nSPS) is 16.4. The van der Waals surface area contributed by atoms with E-state index in [4.69, 9.17) is 0 Å². The van der Waals surface area contributed by atoms with E-state index in [1.165, 1.54) is 11.3 Å². The number of aliphatic hydroxyl groups is 1. The summed E-state index contributed by atoms with van der Waals surface area (Å²) in [6.45, 7) is 4.94. The van der Waals surface area contributed by atoms with Crippen LogP contribution in [0.2, 0.25) is 0 Å². The Kier molecular flexibility index (Phi) is 6.33. The molecule has 3 aromatic rings. The third kappa shape index (κ3) is 4.33. The molecule has 2 N–H and O–H groups in total. The number of carbonyl (C=O) groups is 1. The van der Waals surface area contributed by atoms with Gasteiger partial charge in [-0.05, 0) is 32.3 Å². The van der Waals surface area contributed by atoms with E-state index in [0.717, 1.165) is 18.4 Å². The Hall–Kier alpha value is -2.78. The lowest BCUT2D eigenvalue weighted by atomic mass is 10.2. The van der Waals surface area contributed by atoms with Gasteiger partial charge in [-0.25, -0.2) is 9.97 Å². The maximum atomic E-state index is 13.1. The molecule has 1 saturated heterocycles. The number of fused-ring (bicyclic) bond motifs is 1. The summed E-state index contributed by atoms with van der Waals surface area (Å²) >= 11 is 1.33. The Morgan fingerprint density at radius 3 is 2.77 bits per heavy atom. The van der Waals surface area contributed by atoms with Gasteiger partial charge in [0.25, 0.3) is 5.56 Å². The van der Waals surface area contributed by atoms with Crippen molar-refractivity contribution in [3.05, 3.63) is 52.1 Å². The number of anilines is 1. The molecule has 0 aliphatic carbocycles. The number of rotatable bonds is 7. The van der Waals surface area contributed by atoms with Crippen LogP contribution in [0.5, 0.6) is 0 Å². The highest BCUT2D eigenvalue weighted by Gasteiger charge is 2.33. The van der Waals surface area contributed by atoms with E-state index in [-0.39, 0.29) is 30.2 Å². The Morgan fingerprint density at radius 2 is 2.06 bits per heavy atom. The van der Waals surface area contributed by atoms with Crippen molar-refractivity contribution in [2.45, 2.75) is 51.7 Å². The van der Waals surface area contributed by atoms with E-state index in [2.05, 4.69) is 15.3 Å². The van der Waals surface area contributed by atoms with Gasteiger partial charge in [0.15, 0.2) is 15.5 Å². The number of thiazole rings is 1. The summed E-state index contributed by atoms with van der Waals surface area (Å²) in [6.07, 6.45) is 1.94. The number of aliphatic hydroxyl groups excluding tert-OH is 1. The molecule has 1 aliphatic rings. The van der Waals surface area contributed by atoms with Crippen molar-refractivity contribution >= 4 is 32.7 Å². The van der Waals surface area contributed by atoms with Crippen molar-refractivity contribution in [2.75, 3.05) is 18.1 Å². The second-order valence-electron chi connectivity index (χ2n) is 7.98. The number of aromatic nitrogens is 3. The molecule has 1 aromatic carbocycles. The van der Waals surface area contributed by atoms with E-state index < -0.39 is 0 Å². The van der Waals surface area contributed by atoms with Gasteiger partial charge < -0.3 is 15.3 Å². The number of amides is 1. The highest BCUT2D eigenvalue weighted by Crippen LogP contribution is 2.32. The topological polar surface area (TPSA) is 100 Å². The molecule has 8 nitrogen and oxygen atoms in total. The van der Waals surface area contributed by atoms with Gasteiger partial charge in [-0.2, -0.15) is 0 Å². The van der Waals surface area contributed by atoms with Crippen LogP contribution in [0.25, 0.3) is 10.3 Å². The smallest absolute Gasteiger partial charge is 0.281 e. The van der Waals surface area contributed by atoms with Gasteiger partial charge in [-0.15, -0.1) is 0 Å². The van der Waals surface area contributed by atoms with E-state index in [1.807, 2.05) is 49.1 Å². The molecular weight excluding hydrogens is 414 g/mol. The van der Waals surface area contributed by atoms with Gasteiger partial charge in [-0.1, -0.05) is 41.7 Å². The molecule has 31 heavy (non-hydrogen) atoms. The van der Waals surface area contributed by atoms with Gasteiger partial charge in [0.1, 0.15) is 11.9 Å². The van der Waals surface area contributed by atoms with Gasteiger partial charge in [0.05, 0.1) is 6.61 Å². The molecule has 1 aliphatic heterocycles. The highest BCUT2D eigenvalue weighted by atomic mass is 32.1. The molecule has 0 saturated carbocycles. The Bertz CT molecular complexity index is 1130. The third-order valence-corrected chi connectivity index (χ3v) is 6.48. The molecule has 2 aromatic heterocycles. The summed E-state index contributed by atoms with van der Waals surface area (Å²) in [5.41, 5.74) is 1.18. The molecule has 4 rings (SSSR count). The number of hydrogen-bond acceptors (Lipinski definition) is 7. The fourth-order valence-electron chi connectivity index (χ4n) is 4.02. The van der Waals surface area contributed by atoms with Crippen LogP contribution in [0.3, 0.4) is 0 Å². The highest BCUT2D eigenvalue weighted by molar-refractivity contribution is 7.21. The number of nitrogens with one attached hydrogen (secondary N) is 1. The van der Waals surface area contributed by atoms with E-state index in [1.54, 1.807) is 4.57 Å². The van der Waals surface area contributed by atoms with E-state index in [9.17, 15) is 14.7 Å². The first-order valence-corrected chi connectivity index (χ1v) is 11.4. The van der Waals surface area contributed by atoms with Crippen LogP contribution in [0, 0.1) is 0 Å². The fourth-order valence-corrected chi connectivity index (χ4v) is 5.05. The van der Waals surface area contributed by atoms with Gasteiger partial charge >= 0.3 is 0 Å². The summed E-state index contributed by atoms with van der Waals surface area (Å²) < 4.78 is 1.59. The Morgan fingerprint density at radius 1 is 1.29 bits per heavy atom. The number of hydrogen-bond donors (Lipinski definition) is 2. The first-order valence-electron chi connectivity index (χ1n) is 10.6. The quantitative estimate of drug-likeness (QED) is 0.583. The van der Waals surface area contributed by atoms with Crippen molar-refractivity contribution in [1.82, 2.24) is 19.9 Å².